The van der Waals surface area contributed by atoms with Crippen LogP contribution in [0, 0.1) is 11.3 Å². The van der Waals surface area contributed by atoms with E-state index in [9.17, 15) is 0 Å². The zero-order chi connectivity index (χ0) is 11.3. The number of aromatic nitrogens is 1. The van der Waals surface area contributed by atoms with Crippen molar-refractivity contribution in [1.29, 1.82) is 5.26 Å². The van der Waals surface area contributed by atoms with E-state index in [0.29, 0.717) is 23.7 Å². The number of hydrogen-bond donors (Lipinski definition) is 1. The molecule has 0 bridgehead atoms. The third-order valence-corrected chi connectivity index (χ3v) is 1.74. The molecule has 5 nitrogen and oxygen atoms in total. The van der Waals surface area contributed by atoms with Gasteiger partial charge in [0, 0.05) is 13.2 Å². The van der Waals surface area contributed by atoms with E-state index >= 15 is 0 Å². The minimum Gasteiger partial charge on any atom is -0.487 e. The molecule has 15 heavy (non-hydrogen) atoms. The minimum atomic E-state index is -0.135. The average molecular weight is 207 g/mol. The van der Waals surface area contributed by atoms with E-state index in [0.717, 1.165) is 0 Å². The van der Waals surface area contributed by atoms with Crippen molar-refractivity contribution in [3.8, 4) is 11.8 Å². The van der Waals surface area contributed by atoms with Crippen LogP contribution in [0.4, 0.5) is 5.82 Å². The number of rotatable bonds is 4. The highest BCUT2D eigenvalue weighted by Crippen LogP contribution is 2.20. The van der Waals surface area contributed by atoms with Crippen LogP contribution in [0.3, 0.4) is 0 Å². The molecule has 1 rings (SSSR count). The number of hydrogen-bond acceptors (Lipinski definition) is 5. The van der Waals surface area contributed by atoms with Gasteiger partial charge in [0.05, 0.1) is 12.8 Å². The van der Waals surface area contributed by atoms with Crippen LogP contribution in [0.5, 0.6) is 5.75 Å². The third-order valence-electron chi connectivity index (χ3n) is 1.74. The molecule has 1 atom stereocenters. The van der Waals surface area contributed by atoms with Crippen LogP contribution in [-0.4, -0.2) is 24.8 Å². The summed E-state index contributed by atoms with van der Waals surface area (Å²) in [6.07, 6.45) is 1.26. The Kier molecular flexibility index (Phi) is 3.89. The van der Waals surface area contributed by atoms with E-state index in [1.807, 2.05) is 13.0 Å². The topological polar surface area (TPSA) is 81.2 Å². The molecular formula is C10H13N3O2. The van der Waals surface area contributed by atoms with Gasteiger partial charge in [-0.15, -0.1) is 0 Å². The first-order chi connectivity index (χ1) is 7.17. The van der Waals surface area contributed by atoms with Gasteiger partial charge in [-0.3, -0.25) is 0 Å². The van der Waals surface area contributed by atoms with Crippen molar-refractivity contribution in [2.45, 2.75) is 13.0 Å². The molecule has 80 valence electrons. The monoisotopic (exact) mass is 207 g/mol. The Hall–Kier alpha value is -1.80. The quantitative estimate of drug-likeness (QED) is 0.794. The molecule has 0 amide bonds. The van der Waals surface area contributed by atoms with Gasteiger partial charge in [0.25, 0.3) is 0 Å². The van der Waals surface area contributed by atoms with Gasteiger partial charge in [0.15, 0.2) is 0 Å². The number of ether oxygens (including phenoxy) is 2. The fourth-order valence-corrected chi connectivity index (χ4v) is 1.12. The van der Waals surface area contributed by atoms with Crippen molar-refractivity contribution < 1.29 is 9.47 Å². The molecule has 0 aliphatic heterocycles. The Morgan fingerprint density at radius 3 is 3.00 bits per heavy atom. The summed E-state index contributed by atoms with van der Waals surface area (Å²) in [7, 11) is 1.59. The standard InChI is InChI=1S/C10H13N3O2/c1-7(6-14-2)15-9-3-10(12)13-5-8(9)4-11/h3,5,7H,6H2,1-2H3,(H2,12,13)/t7-/m0/s1. The van der Waals surface area contributed by atoms with Gasteiger partial charge in [0.2, 0.25) is 0 Å². The summed E-state index contributed by atoms with van der Waals surface area (Å²) in [6, 6.07) is 3.52. The first-order valence-corrected chi connectivity index (χ1v) is 4.48. The number of pyridine rings is 1. The zero-order valence-corrected chi connectivity index (χ0v) is 8.73. The predicted molar refractivity (Wildman–Crippen MR) is 55.3 cm³/mol. The molecule has 0 saturated heterocycles. The average Bonchev–Trinajstić information content (AvgIpc) is 2.18. The van der Waals surface area contributed by atoms with Crippen LogP contribution in [0.25, 0.3) is 0 Å². The normalized spacial score (nSPS) is 11.8. The molecule has 5 heteroatoms. The van der Waals surface area contributed by atoms with Gasteiger partial charge in [-0.1, -0.05) is 0 Å². The van der Waals surface area contributed by atoms with Gasteiger partial charge in [0.1, 0.15) is 29.3 Å². The van der Waals surface area contributed by atoms with Gasteiger partial charge >= 0.3 is 0 Å². The second-order valence-corrected chi connectivity index (χ2v) is 3.10. The van der Waals surface area contributed by atoms with Crippen molar-refractivity contribution in [3.05, 3.63) is 17.8 Å². The maximum Gasteiger partial charge on any atom is 0.142 e. The molecule has 1 aromatic rings. The Labute approximate surface area is 88.4 Å². The number of methoxy groups -OCH3 is 1. The smallest absolute Gasteiger partial charge is 0.142 e. The number of nitrogens with two attached hydrogens (primary N) is 1. The summed E-state index contributed by atoms with van der Waals surface area (Å²) < 4.78 is 10.4. The van der Waals surface area contributed by atoms with E-state index in [-0.39, 0.29) is 6.10 Å². The minimum absolute atomic E-state index is 0.135. The molecular weight excluding hydrogens is 194 g/mol. The molecule has 0 unspecified atom stereocenters. The first-order valence-electron chi connectivity index (χ1n) is 4.48. The lowest BCUT2D eigenvalue weighted by atomic mass is 10.2. The van der Waals surface area contributed by atoms with Crippen molar-refractivity contribution in [3.63, 3.8) is 0 Å². The van der Waals surface area contributed by atoms with E-state index in [4.69, 9.17) is 20.5 Å². The van der Waals surface area contributed by atoms with Crippen LogP contribution in [0.2, 0.25) is 0 Å². The molecule has 0 aromatic carbocycles. The maximum atomic E-state index is 8.81. The van der Waals surface area contributed by atoms with E-state index < -0.39 is 0 Å². The maximum absolute atomic E-state index is 8.81. The molecule has 0 spiro atoms. The third kappa shape index (κ3) is 3.11. The van der Waals surface area contributed by atoms with Gasteiger partial charge in [-0.2, -0.15) is 5.26 Å². The predicted octanol–water partition coefficient (Wildman–Crippen LogP) is 0.949. The van der Waals surface area contributed by atoms with Crippen LogP contribution in [-0.2, 0) is 4.74 Å². The number of nitrogen functional groups attached to an aromatic ring is 1. The van der Waals surface area contributed by atoms with Gasteiger partial charge in [-0.05, 0) is 6.92 Å². The van der Waals surface area contributed by atoms with Crippen molar-refractivity contribution >= 4 is 5.82 Å². The molecule has 0 radical (unpaired) electrons. The van der Waals surface area contributed by atoms with Gasteiger partial charge < -0.3 is 15.2 Å². The summed E-state index contributed by atoms with van der Waals surface area (Å²) in [5.41, 5.74) is 5.87. The fraction of sp³-hybridized carbons (Fsp3) is 0.400. The van der Waals surface area contributed by atoms with Crippen molar-refractivity contribution in [1.82, 2.24) is 4.98 Å². The lowest BCUT2D eigenvalue weighted by Crippen LogP contribution is -2.18. The summed E-state index contributed by atoms with van der Waals surface area (Å²) in [6.45, 7) is 2.30. The summed E-state index contributed by atoms with van der Waals surface area (Å²) in [4.78, 5) is 3.81. The summed E-state index contributed by atoms with van der Waals surface area (Å²) >= 11 is 0. The SMILES string of the molecule is COC[C@H](C)Oc1cc(N)ncc1C#N. The van der Waals surface area contributed by atoms with Gasteiger partial charge in [-0.25, -0.2) is 4.98 Å². The Balaban J connectivity index is 2.83. The second-order valence-electron chi connectivity index (χ2n) is 3.10. The highest BCUT2D eigenvalue weighted by atomic mass is 16.5. The molecule has 1 heterocycles. The van der Waals surface area contributed by atoms with Crippen LogP contribution in [0.1, 0.15) is 12.5 Å². The molecule has 1 aromatic heterocycles. The first kappa shape index (κ1) is 11.3. The Morgan fingerprint density at radius 2 is 2.40 bits per heavy atom. The highest BCUT2D eigenvalue weighted by Gasteiger charge is 2.09. The summed E-state index contributed by atoms with van der Waals surface area (Å²) in [5.74, 6) is 0.767. The fourth-order valence-electron chi connectivity index (χ4n) is 1.12. The zero-order valence-electron chi connectivity index (χ0n) is 8.73. The number of anilines is 1. The molecule has 0 aliphatic carbocycles. The molecule has 0 saturated carbocycles. The summed E-state index contributed by atoms with van der Waals surface area (Å²) in [5, 5.41) is 8.81. The lowest BCUT2D eigenvalue weighted by Gasteiger charge is -2.14. The van der Waals surface area contributed by atoms with E-state index in [1.165, 1.54) is 12.3 Å². The molecule has 2 N–H and O–H groups in total. The Morgan fingerprint density at radius 1 is 1.67 bits per heavy atom. The Bertz CT molecular complexity index is 373. The molecule has 0 aliphatic rings. The van der Waals surface area contributed by atoms with Crippen LogP contribution in [0.15, 0.2) is 12.3 Å². The van der Waals surface area contributed by atoms with E-state index in [1.54, 1.807) is 7.11 Å². The second kappa shape index (κ2) is 5.17. The lowest BCUT2D eigenvalue weighted by molar-refractivity contribution is 0.0919. The number of nitriles is 1. The van der Waals surface area contributed by atoms with Crippen LogP contribution < -0.4 is 10.5 Å². The van der Waals surface area contributed by atoms with Crippen molar-refractivity contribution in [2.75, 3.05) is 19.5 Å². The number of nitrogens with zero attached hydrogens (tertiary/aromatic N) is 2. The van der Waals surface area contributed by atoms with E-state index in [2.05, 4.69) is 4.98 Å². The van der Waals surface area contributed by atoms with Crippen molar-refractivity contribution in [2.24, 2.45) is 0 Å². The molecule has 0 fully saturated rings. The van der Waals surface area contributed by atoms with Crippen LogP contribution >= 0.6 is 0 Å². The largest absolute Gasteiger partial charge is 0.487 e. The highest BCUT2D eigenvalue weighted by molar-refractivity contribution is 5.47.